The molecule has 0 fully saturated rings. The van der Waals surface area contributed by atoms with Crippen molar-refractivity contribution < 1.29 is 19.4 Å². The van der Waals surface area contributed by atoms with Crippen LogP contribution in [-0.2, 0) is 14.3 Å². The van der Waals surface area contributed by atoms with Crippen LogP contribution in [0.1, 0.15) is 142 Å². The highest BCUT2D eigenvalue weighted by molar-refractivity contribution is 5.71. The summed E-state index contributed by atoms with van der Waals surface area (Å²) >= 11 is 0. The zero-order chi connectivity index (χ0) is 21.6. The van der Waals surface area contributed by atoms with E-state index >= 15 is 0 Å². The van der Waals surface area contributed by atoms with Crippen LogP contribution in [-0.4, -0.2) is 23.1 Å². The summed E-state index contributed by atoms with van der Waals surface area (Å²) in [6.45, 7) is 4.20. The van der Waals surface area contributed by atoms with Crippen LogP contribution in [0.25, 0.3) is 0 Å². The summed E-state index contributed by atoms with van der Waals surface area (Å²) < 4.78 is 5.32. The molecule has 4 nitrogen and oxygen atoms in total. The molecule has 0 spiro atoms. The minimum atomic E-state index is -0.862. The molecule has 1 N–H and O–H groups in total. The van der Waals surface area contributed by atoms with Gasteiger partial charge in [0.2, 0.25) is 0 Å². The SMILES string of the molecule is CCCCCCCCCCCCCCCCCCC(C)OC(=O)CCCC(=O)O. The molecule has 0 aliphatic rings. The highest BCUT2D eigenvalue weighted by Crippen LogP contribution is 2.15. The molecule has 0 heterocycles. The third kappa shape index (κ3) is 23.1. The zero-order valence-corrected chi connectivity index (χ0v) is 19.4. The van der Waals surface area contributed by atoms with Crippen molar-refractivity contribution in [2.24, 2.45) is 0 Å². The van der Waals surface area contributed by atoms with Crippen LogP contribution in [0.15, 0.2) is 0 Å². The second-order valence-corrected chi connectivity index (χ2v) is 8.64. The molecule has 172 valence electrons. The van der Waals surface area contributed by atoms with E-state index in [9.17, 15) is 9.59 Å². The average molecular weight is 413 g/mol. The van der Waals surface area contributed by atoms with E-state index in [-0.39, 0.29) is 24.9 Å². The number of ether oxygens (including phenoxy) is 1. The molecular formula is C25H48O4. The molecule has 1 atom stereocenters. The number of carboxylic acids is 1. The molecule has 0 saturated heterocycles. The lowest BCUT2D eigenvalue weighted by molar-refractivity contribution is -0.148. The summed E-state index contributed by atoms with van der Waals surface area (Å²) in [5, 5.41) is 8.57. The molecule has 29 heavy (non-hydrogen) atoms. The van der Waals surface area contributed by atoms with Gasteiger partial charge in [-0.2, -0.15) is 0 Å². The van der Waals surface area contributed by atoms with E-state index < -0.39 is 5.97 Å². The van der Waals surface area contributed by atoms with E-state index in [0.717, 1.165) is 12.8 Å². The van der Waals surface area contributed by atoms with Gasteiger partial charge in [-0.1, -0.05) is 103 Å². The maximum atomic E-state index is 11.6. The molecule has 0 rings (SSSR count). The first-order chi connectivity index (χ1) is 14.1. The monoisotopic (exact) mass is 412 g/mol. The molecule has 0 bridgehead atoms. The first-order valence-electron chi connectivity index (χ1n) is 12.5. The Morgan fingerprint density at radius 2 is 1.07 bits per heavy atom. The Balaban J connectivity index is 3.24. The minimum Gasteiger partial charge on any atom is -0.481 e. The fourth-order valence-electron chi connectivity index (χ4n) is 3.71. The number of aliphatic carboxylic acids is 1. The van der Waals surface area contributed by atoms with Crippen molar-refractivity contribution in [2.45, 2.75) is 148 Å². The van der Waals surface area contributed by atoms with Crippen molar-refractivity contribution in [3.05, 3.63) is 0 Å². The number of carbonyl (C=O) groups excluding carboxylic acids is 1. The number of unbranched alkanes of at least 4 members (excludes halogenated alkanes) is 15. The van der Waals surface area contributed by atoms with Gasteiger partial charge in [0.25, 0.3) is 0 Å². The minimum absolute atomic E-state index is 0.0304. The first kappa shape index (κ1) is 27.9. The molecule has 0 amide bonds. The van der Waals surface area contributed by atoms with Crippen molar-refractivity contribution in [3.63, 3.8) is 0 Å². The number of rotatable bonds is 22. The predicted octanol–water partition coefficient (Wildman–Crippen LogP) is 7.82. The van der Waals surface area contributed by atoms with Crippen molar-refractivity contribution >= 4 is 11.9 Å². The van der Waals surface area contributed by atoms with Gasteiger partial charge in [0, 0.05) is 12.8 Å². The Hall–Kier alpha value is -1.06. The molecule has 0 aromatic rings. The van der Waals surface area contributed by atoms with Crippen LogP contribution >= 0.6 is 0 Å². The van der Waals surface area contributed by atoms with Gasteiger partial charge in [-0.25, -0.2) is 0 Å². The zero-order valence-electron chi connectivity index (χ0n) is 19.4. The van der Waals surface area contributed by atoms with Crippen LogP contribution in [0, 0.1) is 0 Å². The number of hydrogen-bond acceptors (Lipinski definition) is 3. The number of carboxylic acid groups (broad SMARTS) is 1. The molecule has 0 saturated carbocycles. The van der Waals surface area contributed by atoms with Gasteiger partial charge < -0.3 is 9.84 Å². The van der Waals surface area contributed by atoms with Gasteiger partial charge in [0.1, 0.15) is 0 Å². The quantitative estimate of drug-likeness (QED) is 0.145. The topological polar surface area (TPSA) is 63.6 Å². The Morgan fingerprint density at radius 1 is 0.655 bits per heavy atom. The molecule has 0 aliphatic heterocycles. The van der Waals surface area contributed by atoms with Crippen LogP contribution in [0.3, 0.4) is 0 Å². The number of hydrogen-bond donors (Lipinski definition) is 1. The number of esters is 1. The van der Waals surface area contributed by atoms with Crippen molar-refractivity contribution in [2.75, 3.05) is 0 Å². The summed E-state index contributed by atoms with van der Waals surface area (Å²) in [6, 6.07) is 0. The Morgan fingerprint density at radius 3 is 1.48 bits per heavy atom. The maximum absolute atomic E-state index is 11.6. The highest BCUT2D eigenvalue weighted by Gasteiger charge is 2.10. The molecule has 0 radical (unpaired) electrons. The van der Waals surface area contributed by atoms with Gasteiger partial charge in [0.05, 0.1) is 6.10 Å². The van der Waals surface area contributed by atoms with E-state index in [2.05, 4.69) is 6.92 Å². The predicted molar refractivity (Wildman–Crippen MR) is 121 cm³/mol. The van der Waals surface area contributed by atoms with E-state index in [1.807, 2.05) is 6.92 Å². The van der Waals surface area contributed by atoms with Crippen LogP contribution < -0.4 is 0 Å². The molecule has 0 aromatic carbocycles. The standard InChI is InChI=1S/C25H48O4/c1-3-4-5-6-7-8-9-10-11-12-13-14-15-16-17-18-20-23(2)29-25(28)22-19-21-24(26)27/h23H,3-22H2,1-2H3,(H,26,27). The number of carbonyl (C=O) groups is 2. The van der Waals surface area contributed by atoms with Gasteiger partial charge >= 0.3 is 11.9 Å². The normalized spacial score (nSPS) is 12.1. The molecule has 4 heteroatoms. The second kappa shape index (κ2) is 21.6. The molecule has 1 unspecified atom stereocenters. The van der Waals surface area contributed by atoms with Crippen LogP contribution in [0.5, 0.6) is 0 Å². The smallest absolute Gasteiger partial charge is 0.306 e. The molecule has 0 aromatic heterocycles. The lowest BCUT2D eigenvalue weighted by atomic mass is 10.0. The van der Waals surface area contributed by atoms with Crippen LogP contribution in [0.2, 0.25) is 0 Å². The van der Waals surface area contributed by atoms with Crippen molar-refractivity contribution in [3.8, 4) is 0 Å². The largest absolute Gasteiger partial charge is 0.481 e. The second-order valence-electron chi connectivity index (χ2n) is 8.64. The maximum Gasteiger partial charge on any atom is 0.306 e. The summed E-state index contributed by atoms with van der Waals surface area (Å²) in [4.78, 5) is 22.0. The Labute approximate surface area is 180 Å². The third-order valence-corrected chi connectivity index (χ3v) is 5.57. The van der Waals surface area contributed by atoms with Gasteiger partial charge in [-0.05, 0) is 26.2 Å². The Bertz CT molecular complexity index is 381. The van der Waals surface area contributed by atoms with E-state index in [1.54, 1.807) is 0 Å². The van der Waals surface area contributed by atoms with Gasteiger partial charge in [-0.15, -0.1) is 0 Å². The summed E-state index contributed by atoms with van der Waals surface area (Å²) in [5.74, 6) is -1.13. The van der Waals surface area contributed by atoms with Crippen LogP contribution in [0.4, 0.5) is 0 Å². The lowest BCUT2D eigenvalue weighted by Crippen LogP contribution is -2.15. The van der Waals surface area contributed by atoms with Gasteiger partial charge in [0.15, 0.2) is 0 Å². The van der Waals surface area contributed by atoms with E-state index in [4.69, 9.17) is 9.84 Å². The van der Waals surface area contributed by atoms with E-state index in [1.165, 1.54) is 96.3 Å². The fraction of sp³-hybridized carbons (Fsp3) is 0.920. The summed E-state index contributed by atoms with van der Waals surface area (Å²) in [7, 11) is 0. The van der Waals surface area contributed by atoms with Gasteiger partial charge in [-0.3, -0.25) is 9.59 Å². The lowest BCUT2D eigenvalue weighted by Gasteiger charge is -2.13. The highest BCUT2D eigenvalue weighted by atomic mass is 16.5. The van der Waals surface area contributed by atoms with Crippen molar-refractivity contribution in [1.29, 1.82) is 0 Å². The molecule has 0 aliphatic carbocycles. The van der Waals surface area contributed by atoms with Crippen molar-refractivity contribution in [1.82, 2.24) is 0 Å². The fourth-order valence-corrected chi connectivity index (χ4v) is 3.71. The summed E-state index contributed by atoms with van der Waals surface area (Å²) in [5.41, 5.74) is 0. The average Bonchev–Trinajstić information content (AvgIpc) is 2.67. The Kier molecular flexibility index (Phi) is 20.9. The third-order valence-electron chi connectivity index (χ3n) is 5.57. The summed E-state index contributed by atoms with van der Waals surface area (Å²) in [6.07, 6.45) is 23.2. The first-order valence-corrected chi connectivity index (χ1v) is 12.5. The van der Waals surface area contributed by atoms with E-state index in [0.29, 0.717) is 6.42 Å². The molecular weight excluding hydrogens is 364 g/mol.